The molecule has 30 heavy (non-hydrogen) atoms. The largest absolute Gasteiger partial charge is 0.325 e. The van der Waals surface area contributed by atoms with Gasteiger partial charge in [0, 0.05) is 11.4 Å². The molecule has 0 fully saturated rings. The van der Waals surface area contributed by atoms with Gasteiger partial charge in [0.2, 0.25) is 11.8 Å². The van der Waals surface area contributed by atoms with Crippen LogP contribution in [0.15, 0.2) is 66.7 Å². The van der Waals surface area contributed by atoms with Crippen molar-refractivity contribution in [2.24, 2.45) is 0 Å². The lowest BCUT2D eigenvalue weighted by atomic mass is 10.1. The van der Waals surface area contributed by atoms with E-state index in [9.17, 15) is 9.59 Å². The highest BCUT2D eigenvalue weighted by molar-refractivity contribution is 8.01. The number of fused-ring (bicyclic) bond motifs is 3. The highest BCUT2D eigenvalue weighted by atomic mass is 32.2. The van der Waals surface area contributed by atoms with E-state index >= 15 is 0 Å². The fraction of sp³-hybridized carbons (Fsp3) is 0.200. The van der Waals surface area contributed by atoms with Gasteiger partial charge in [-0.2, -0.15) is 0 Å². The van der Waals surface area contributed by atoms with E-state index in [1.54, 1.807) is 0 Å². The van der Waals surface area contributed by atoms with Crippen LogP contribution in [0.2, 0.25) is 0 Å². The van der Waals surface area contributed by atoms with Crippen LogP contribution in [-0.4, -0.2) is 22.8 Å². The SMILES string of the molecule is Cc1ccc(NC(=O)CS[C@H](C)C(=O)Nc2ccc3c(c2)Cc2ccccc2-3)cc1. The van der Waals surface area contributed by atoms with Gasteiger partial charge in [-0.05, 0) is 66.8 Å². The van der Waals surface area contributed by atoms with E-state index in [1.807, 2.05) is 44.2 Å². The number of carbonyl (C=O) groups is 2. The van der Waals surface area contributed by atoms with Crippen molar-refractivity contribution < 1.29 is 9.59 Å². The lowest BCUT2D eigenvalue weighted by Gasteiger charge is -2.13. The number of anilines is 2. The van der Waals surface area contributed by atoms with Gasteiger partial charge in [0.25, 0.3) is 0 Å². The summed E-state index contributed by atoms with van der Waals surface area (Å²) >= 11 is 1.33. The Morgan fingerprint density at radius 2 is 1.60 bits per heavy atom. The molecule has 4 nitrogen and oxygen atoms in total. The standard InChI is InChI=1S/C25H24N2O2S/c1-16-7-9-20(10-8-16)26-24(28)15-30-17(2)25(29)27-21-11-12-23-19(14-21)13-18-5-3-4-6-22(18)23/h3-12,14,17H,13,15H2,1-2H3,(H,26,28)(H,27,29)/t17-/m1/s1. The molecule has 0 saturated heterocycles. The zero-order valence-corrected chi connectivity index (χ0v) is 17.9. The molecule has 0 spiro atoms. The molecule has 0 bridgehead atoms. The molecule has 0 aromatic heterocycles. The maximum atomic E-state index is 12.6. The third kappa shape index (κ3) is 4.57. The smallest absolute Gasteiger partial charge is 0.237 e. The number of rotatable bonds is 6. The summed E-state index contributed by atoms with van der Waals surface area (Å²) in [6.07, 6.45) is 0.888. The summed E-state index contributed by atoms with van der Waals surface area (Å²) in [5.41, 5.74) is 7.76. The van der Waals surface area contributed by atoms with E-state index in [0.29, 0.717) is 0 Å². The minimum atomic E-state index is -0.334. The second kappa shape index (κ2) is 8.76. The molecule has 1 aliphatic rings. The monoisotopic (exact) mass is 416 g/mol. The first-order chi connectivity index (χ1) is 14.5. The molecule has 1 atom stereocenters. The number of benzene rings is 3. The van der Waals surface area contributed by atoms with E-state index in [0.717, 1.165) is 23.4 Å². The van der Waals surface area contributed by atoms with E-state index < -0.39 is 0 Å². The normalized spacial score (nSPS) is 12.6. The number of hydrogen-bond donors (Lipinski definition) is 2. The molecule has 2 amide bonds. The van der Waals surface area contributed by atoms with Crippen LogP contribution >= 0.6 is 11.8 Å². The molecule has 3 aromatic carbocycles. The Bertz CT molecular complexity index is 1090. The molecule has 0 heterocycles. The summed E-state index contributed by atoms with van der Waals surface area (Å²) in [5, 5.41) is 5.51. The molecule has 2 N–H and O–H groups in total. The summed E-state index contributed by atoms with van der Waals surface area (Å²) in [5.74, 6) is 0.0134. The molecular weight excluding hydrogens is 392 g/mol. The highest BCUT2D eigenvalue weighted by Gasteiger charge is 2.20. The average Bonchev–Trinajstić information content (AvgIpc) is 3.11. The maximum absolute atomic E-state index is 12.6. The van der Waals surface area contributed by atoms with Crippen molar-refractivity contribution in [1.29, 1.82) is 0 Å². The summed E-state index contributed by atoms with van der Waals surface area (Å²) < 4.78 is 0. The molecule has 0 radical (unpaired) electrons. The topological polar surface area (TPSA) is 58.2 Å². The second-order valence-corrected chi connectivity index (χ2v) is 8.89. The number of amides is 2. The van der Waals surface area contributed by atoms with E-state index in [1.165, 1.54) is 34.0 Å². The third-order valence-electron chi connectivity index (χ3n) is 5.23. The predicted molar refractivity (Wildman–Crippen MR) is 125 cm³/mol. The molecular formula is C25H24N2O2S. The van der Waals surface area contributed by atoms with Gasteiger partial charge in [0.1, 0.15) is 0 Å². The molecule has 4 rings (SSSR count). The van der Waals surface area contributed by atoms with Crippen molar-refractivity contribution in [2.75, 3.05) is 16.4 Å². The van der Waals surface area contributed by atoms with Gasteiger partial charge in [-0.1, -0.05) is 48.0 Å². The fourth-order valence-corrected chi connectivity index (χ4v) is 4.26. The van der Waals surface area contributed by atoms with Crippen LogP contribution in [0.25, 0.3) is 11.1 Å². The van der Waals surface area contributed by atoms with Crippen LogP contribution in [0.5, 0.6) is 0 Å². The lowest BCUT2D eigenvalue weighted by Crippen LogP contribution is -2.25. The highest BCUT2D eigenvalue weighted by Crippen LogP contribution is 2.37. The number of nitrogens with one attached hydrogen (secondary N) is 2. The fourth-order valence-electron chi connectivity index (χ4n) is 3.58. The lowest BCUT2D eigenvalue weighted by molar-refractivity contribution is -0.115. The Hall–Kier alpha value is -3.05. The summed E-state index contributed by atoms with van der Waals surface area (Å²) in [4.78, 5) is 24.7. The van der Waals surface area contributed by atoms with E-state index in [-0.39, 0.29) is 22.8 Å². The minimum absolute atomic E-state index is 0.0985. The molecule has 5 heteroatoms. The summed E-state index contributed by atoms with van der Waals surface area (Å²) in [7, 11) is 0. The Labute approximate surface area is 181 Å². The Morgan fingerprint density at radius 3 is 2.40 bits per heavy atom. The number of thioether (sulfide) groups is 1. The first kappa shape index (κ1) is 20.2. The van der Waals surface area contributed by atoms with Gasteiger partial charge >= 0.3 is 0 Å². The Kier molecular flexibility index (Phi) is 5.91. The van der Waals surface area contributed by atoms with Crippen molar-refractivity contribution in [3.63, 3.8) is 0 Å². The van der Waals surface area contributed by atoms with Gasteiger partial charge < -0.3 is 10.6 Å². The zero-order chi connectivity index (χ0) is 21.1. The van der Waals surface area contributed by atoms with Crippen molar-refractivity contribution in [1.82, 2.24) is 0 Å². The molecule has 0 unspecified atom stereocenters. The van der Waals surface area contributed by atoms with Crippen molar-refractivity contribution in [3.05, 3.63) is 83.4 Å². The van der Waals surface area contributed by atoms with E-state index in [2.05, 4.69) is 47.0 Å². The van der Waals surface area contributed by atoms with Crippen LogP contribution < -0.4 is 10.6 Å². The first-order valence-corrected chi connectivity index (χ1v) is 11.0. The van der Waals surface area contributed by atoms with Gasteiger partial charge in [0.05, 0.1) is 11.0 Å². The molecule has 0 saturated carbocycles. The Balaban J connectivity index is 1.30. The molecule has 3 aromatic rings. The van der Waals surface area contributed by atoms with Gasteiger partial charge in [-0.15, -0.1) is 11.8 Å². The average molecular weight is 417 g/mol. The van der Waals surface area contributed by atoms with Gasteiger partial charge in [-0.25, -0.2) is 0 Å². The third-order valence-corrected chi connectivity index (χ3v) is 6.37. The Morgan fingerprint density at radius 1 is 0.900 bits per heavy atom. The van der Waals surface area contributed by atoms with Crippen molar-refractivity contribution in [2.45, 2.75) is 25.5 Å². The van der Waals surface area contributed by atoms with Gasteiger partial charge in [-0.3, -0.25) is 9.59 Å². The second-order valence-electron chi connectivity index (χ2n) is 7.56. The molecule has 152 valence electrons. The number of carbonyl (C=O) groups excluding carboxylic acids is 2. The van der Waals surface area contributed by atoms with Crippen molar-refractivity contribution >= 4 is 35.0 Å². The van der Waals surface area contributed by atoms with E-state index in [4.69, 9.17) is 0 Å². The van der Waals surface area contributed by atoms with Crippen LogP contribution in [0.1, 0.15) is 23.6 Å². The minimum Gasteiger partial charge on any atom is -0.325 e. The molecule has 1 aliphatic carbocycles. The maximum Gasteiger partial charge on any atom is 0.237 e. The van der Waals surface area contributed by atoms with Crippen LogP contribution in [0, 0.1) is 6.92 Å². The van der Waals surface area contributed by atoms with Gasteiger partial charge in [0.15, 0.2) is 0 Å². The first-order valence-electron chi connectivity index (χ1n) is 10.00. The summed E-state index contributed by atoms with van der Waals surface area (Å²) in [6, 6.07) is 22.1. The van der Waals surface area contributed by atoms with Crippen LogP contribution in [0.4, 0.5) is 11.4 Å². The van der Waals surface area contributed by atoms with Crippen LogP contribution in [-0.2, 0) is 16.0 Å². The van der Waals surface area contributed by atoms with Crippen molar-refractivity contribution in [3.8, 4) is 11.1 Å². The number of aryl methyl sites for hydroxylation is 1. The quantitative estimate of drug-likeness (QED) is 0.450. The number of hydrogen-bond acceptors (Lipinski definition) is 3. The summed E-state index contributed by atoms with van der Waals surface area (Å²) in [6.45, 7) is 3.82. The predicted octanol–water partition coefficient (Wildman–Crippen LogP) is 5.27. The zero-order valence-electron chi connectivity index (χ0n) is 17.1. The van der Waals surface area contributed by atoms with Crippen LogP contribution in [0.3, 0.4) is 0 Å². The molecule has 0 aliphatic heterocycles.